The van der Waals surface area contributed by atoms with Gasteiger partial charge in [0.1, 0.15) is 66.7 Å². The average molecular weight is 1080 g/mol. The van der Waals surface area contributed by atoms with Crippen molar-refractivity contribution in [1.82, 2.24) is 30.2 Å². The van der Waals surface area contributed by atoms with Crippen molar-refractivity contribution >= 4 is 104 Å². The van der Waals surface area contributed by atoms with Gasteiger partial charge in [-0.05, 0) is 90.9 Å². The summed E-state index contributed by atoms with van der Waals surface area (Å²) >= 11 is 25.7. The predicted octanol–water partition coefficient (Wildman–Crippen LogP) is 8.13. The number of aromatic amines is 2. The van der Waals surface area contributed by atoms with Crippen LogP contribution in [-0.4, -0.2) is 112 Å². The number of ether oxygens (including phenoxy) is 5. The highest BCUT2D eigenvalue weighted by Gasteiger charge is 2.54. The number of H-pyrrole nitrogens is 2. The fourth-order valence-corrected chi connectivity index (χ4v) is 9.27. The maximum atomic E-state index is 13.2. The first-order valence-electron chi connectivity index (χ1n) is 22.1. The first-order chi connectivity index (χ1) is 34.8. The normalized spacial score (nSPS) is 15.1. The average Bonchev–Trinajstić information content (AvgIpc) is 3.37. The number of β-lactam (4-membered cyclic amide) rings is 1. The third-order valence-corrected chi connectivity index (χ3v) is 12.7. The fraction of sp³-hybridized carbons (Fsp3) is 0.240. The number of amides is 2. The van der Waals surface area contributed by atoms with Crippen molar-refractivity contribution in [2.24, 2.45) is 0 Å². The van der Waals surface area contributed by atoms with E-state index in [9.17, 15) is 28.8 Å². The number of hydrogen-bond donors (Lipinski definition) is 3. The van der Waals surface area contributed by atoms with Gasteiger partial charge < -0.3 is 39.0 Å². The molecule has 1 saturated heterocycles. The summed E-state index contributed by atoms with van der Waals surface area (Å²) in [5.41, 5.74) is 1.85. The minimum atomic E-state index is -0.816. The van der Waals surface area contributed by atoms with Gasteiger partial charge in [-0.1, -0.05) is 72.1 Å². The van der Waals surface area contributed by atoms with Crippen molar-refractivity contribution in [3.8, 4) is 34.3 Å². The number of carbonyl (C=O) groups is 4. The molecule has 2 aliphatic rings. The summed E-state index contributed by atoms with van der Waals surface area (Å²) in [5, 5.41) is 4.69. The van der Waals surface area contributed by atoms with Crippen LogP contribution in [0, 0.1) is 0 Å². The highest BCUT2D eigenvalue weighted by Crippen LogP contribution is 2.41. The minimum Gasteiger partial charge on any atom is -0.489 e. The topological polar surface area (TPSA) is 221 Å². The highest BCUT2D eigenvalue weighted by molar-refractivity contribution is 8.00. The molecule has 3 N–H and O–H groups in total. The lowest BCUT2D eigenvalue weighted by molar-refractivity contribution is -0.152. The SMILES string of the molecule is C=CCOC(=O)C1=C(/C=C/COc2ccc(Cl)cc2-c2nc3ccc(Cl)cc3c(=O)[nH]2)CSC2[C@H](NC(=O)COCCOCCC)C(=O)N12.O=CCOc1ccc(Cl)cc1-c1nc2ccc(Cl)cc2c(=O)[nH]1. The Labute approximate surface area is 435 Å². The third kappa shape index (κ3) is 13.1. The van der Waals surface area contributed by atoms with Crippen molar-refractivity contribution in [1.29, 1.82) is 0 Å². The Morgan fingerprint density at radius 1 is 0.778 bits per heavy atom. The second-order valence-electron chi connectivity index (χ2n) is 15.5. The molecule has 2 aliphatic heterocycles. The van der Waals surface area contributed by atoms with Crippen LogP contribution in [0.2, 0.25) is 20.1 Å². The van der Waals surface area contributed by atoms with E-state index >= 15 is 0 Å². The van der Waals surface area contributed by atoms with Gasteiger partial charge in [0.05, 0.1) is 46.1 Å². The molecule has 0 saturated carbocycles. The summed E-state index contributed by atoms with van der Waals surface area (Å²) in [5.74, 6) is 0.159. The van der Waals surface area contributed by atoms with E-state index in [0.717, 1.165) is 6.42 Å². The monoisotopic (exact) mass is 1080 g/mol. The number of esters is 1. The van der Waals surface area contributed by atoms with E-state index in [4.69, 9.17) is 70.1 Å². The van der Waals surface area contributed by atoms with Gasteiger partial charge in [-0.3, -0.25) is 28.9 Å². The quantitative estimate of drug-likeness (QED) is 0.0216. The van der Waals surface area contributed by atoms with Gasteiger partial charge in [0.15, 0.2) is 6.29 Å². The molecule has 0 aliphatic carbocycles. The molecule has 0 radical (unpaired) electrons. The molecule has 2 atom stereocenters. The zero-order valence-corrected chi connectivity index (χ0v) is 42.1. The molecule has 0 spiro atoms. The largest absolute Gasteiger partial charge is 0.489 e. The van der Waals surface area contributed by atoms with E-state index in [1.807, 2.05) is 6.92 Å². The molecule has 2 amide bonds. The van der Waals surface area contributed by atoms with E-state index in [2.05, 4.69) is 31.8 Å². The fourth-order valence-electron chi connectivity index (χ4n) is 7.26. The number of allylic oxidation sites excluding steroid dienone is 1. The van der Waals surface area contributed by atoms with Crippen molar-refractivity contribution < 1.29 is 42.9 Å². The molecule has 1 fully saturated rings. The van der Waals surface area contributed by atoms with Crippen LogP contribution in [0.3, 0.4) is 0 Å². The van der Waals surface area contributed by atoms with Crippen LogP contribution >= 0.6 is 58.2 Å². The van der Waals surface area contributed by atoms with Gasteiger partial charge in [-0.15, -0.1) is 11.8 Å². The molecule has 0 bridgehead atoms. The number of aldehydes is 1. The molecule has 2 aromatic heterocycles. The summed E-state index contributed by atoms with van der Waals surface area (Å²) in [7, 11) is 0. The van der Waals surface area contributed by atoms with Crippen LogP contribution in [0.4, 0.5) is 0 Å². The number of carbonyl (C=O) groups excluding carboxylic acids is 4. The van der Waals surface area contributed by atoms with Crippen LogP contribution in [0.25, 0.3) is 44.6 Å². The first-order valence-corrected chi connectivity index (χ1v) is 24.6. The van der Waals surface area contributed by atoms with Crippen molar-refractivity contribution in [3.63, 3.8) is 0 Å². The summed E-state index contributed by atoms with van der Waals surface area (Å²) in [6.45, 7) is 6.52. The molecule has 374 valence electrons. The van der Waals surface area contributed by atoms with Gasteiger partial charge in [-0.25, -0.2) is 14.8 Å². The van der Waals surface area contributed by atoms with E-state index in [0.29, 0.717) is 101 Å². The lowest BCUT2D eigenvalue weighted by atomic mass is 10.0. The number of hydrogen-bond acceptors (Lipinski definition) is 14. The number of fused-ring (bicyclic) bond motifs is 3. The molecule has 6 aromatic rings. The molecule has 4 heterocycles. The maximum absolute atomic E-state index is 13.2. The molecule has 1 unspecified atom stereocenters. The molecule has 72 heavy (non-hydrogen) atoms. The number of nitrogens with zero attached hydrogens (tertiary/aromatic N) is 3. The van der Waals surface area contributed by atoms with Crippen LogP contribution < -0.4 is 25.9 Å². The number of thioether (sulfide) groups is 1. The van der Waals surface area contributed by atoms with Crippen LogP contribution in [0.15, 0.2) is 118 Å². The molecule has 22 heteroatoms. The van der Waals surface area contributed by atoms with E-state index in [1.165, 1.54) is 22.7 Å². The highest BCUT2D eigenvalue weighted by atomic mass is 35.5. The molecule has 4 aromatic carbocycles. The second kappa shape index (κ2) is 25.2. The van der Waals surface area contributed by atoms with Crippen molar-refractivity contribution in [3.05, 3.63) is 150 Å². The van der Waals surface area contributed by atoms with Crippen LogP contribution in [0.1, 0.15) is 13.3 Å². The zero-order chi connectivity index (χ0) is 51.3. The second-order valence-corrected chi connectivity index (χ2v) is 18.4. The maximum Gasteiger partial charge on any atom is 0.355 e. The Hall–Kier alpha value is -6.51. The smallest absolute Gasteiger partial charge is 0.355 e. The number of rotatable bonds is 20. The van der Waals surface area contributed by atoms with Gasteiger partial charge >= 0.3 is 5.97 Å². The molecular weight excluding hydrogens is 1030 g/mol. The summed E-state index contributed by atoms with van der Waals surface area (Å²) < 4.78 is 27.4. The molecule has 8 rings (SSSR count). The summed E-state index contributed by atoms with van der Waals surface area (Å²) in [6.07, 6.45) is 6.34. The standard InChI is InChI=1S/C34H34Cl2N4O8S.C16H10Cl2N2O3/c1-3-11-45-14-15-46-18-27(41)38-28-32(43)40-29(34(44)48-12-4-2)20(19-49-33(28)40)6-5-13-47-26-10-8-22(36)17-24(26)30-37-25-9-7-21(35)16-23(25)31(42)39-30;17-9-1-3-13-11(7-9)16(22)20-15(19-13)12-8-10(18)2-4-14(12)23-6-5-21/h4-10,16-17,28,33H,2-3,11-15,18-19H2,1H3,(H,38,41)(H,37,39,42);1-5,7-8H,6H2,(H,19,20,22)/b6-5+;/t28-,33?;/m1./s1. The Morgan fingerprint density at radius 2 is 1.33 bits per heavy atom. The van der Waals surface area contributed by atoms with E-state index in [1.54, 1.807) is 84.9 Å². The van der Waals surface area contributed by atoms with Crippen molar-refractivity contribution in [2.75, 3.05) is 52.0 Å². The number of aromatic nitrogens is 4. The molecule has 17 nitrogen and oxygen atoms in total. The molecular formula is C50H44Cl4N6O11S. The zero-order valence-electron chi connectivity index (χ0n) is 38.2. The van der Waals surface area contributed by atoms with Crippen LogP contribution in [0.5, 0.6) is 11.5 Å². The number of halogens is 4. The van der Waals surface area contributed by atoms with Gasteiger partial charge in [-0.2, -0.15) is 0 Å². The number of benzene rings is 4. The Morgan fingerprint density at radius 3 is 1.90 bits per heavy atom. The van der Waals surface area contributed by atoms with E-state index < -0.39 is 29.2 Å². The predicted molar refractivity (Wildman–Crippen MR) is 277 cm³/mol. The summed E-state index contributed by atoms with van der Waals surface area (Å²) in [6, 6.07) is 18.7. The van der Waals surface area contributed by atoms with Gasteiger partial charge in [0.25, 0.3) is 17.0 Å². The first kappa shape index (κ1) is 53.3. The van der Waals surface area contributed by atoms with Crippen LogP contribution in [-0.2, 0) is 33.4 Å². The lowest BCUT2D eigenvalue weighted by Gasteiger charge is -2.49. The van der Waals surface area contributed by atoms with Gasteiger partial charge in [0, 0.05) is 32.5 Å². The number of nitrogens with one attached hydrogen (secondary N) is 3. The van der Waals surface area contributed by atoms with E-state index in [-0.39, 0.29) is 55.7 Å². The Bertz CT molecular complexity index is 3220. The minimum absolute atomic E-state index is 0.0426. The third-order valence-electron chi connectivity index (χ3n) is 10.5. The van der Waals surface area contributed by atoms with Crippen molar-refractivity contribution in [2.45, 2.75) is 24.8 Å². The Kier molecular flexibility index (Phi) is 18.7. The Balaban J connectivity index is 0.000000274. The summed E-state index contributed by atoms with van der Waals surface area (Å²) in [4.78, 5) is 90.2. The lowest BCUT2D eigenvalue weighted by Crippen LogP contribution is -2.70. The van der Waals surface area contributed by atoms with Gasteiger partial charge in [0.2, 0.25) is 5.91 Å².